The van der Waals surface area contributed by atoms with Gasteiger partial charge in [0.2, 0.25) is 0 Å². The molecule has 0 aliphatic heterocycles. The van der Waals surface area contributed by atoms with Crippen LogP contribution in [0.15, 0.2) is 5.29 Å². The molecule has 18 heavy (non-hydrogen) atoms. The molecule has 0 bridgehead atoms. The zero-order valence-electron chi connectivity index (χ0n) is 11.3. The molecule has 0 spiro atoms. The average molecular weight is 265 g/mol. The summed E-state index contributed by atoms with van der Waals surface area (Å²) in [5, 5.41) is 16.0. The van der Waals surface area contributed by atoms with Gasteiger partial charge < -0.3 is 16.8 Å². The Hall–Kier alpha value is -0.800. The average Bonchev–Trinajstić information content (AvgIpc) is 2.40. The maximum Gasteiger partial charge on any atom is 0.0962 e. The molecule has 0 aromatic rings. The molecule has 0 aromatic heterocycles. The summed E-state index contributed by atoms with van der Waals surface area (Å²) in [6.45, 7) is 5.21. The van der Waals surface area contributed by atoms with E-state index >= 15 is 0 Å². The number of hydrogen-bond donors (Lipinski definition) is 4. The minimum Gasteiger partial charge on any atom is -0.358 e. The van der Waals surface area contributed by atoms with Crippen molar-refractivity contribution >= 4 is 0 Å². The Morgan fingerprint density at radius 1 is 1.00 bits per heavy atom. The maximum atomic E-state index is 10.3. The molecule has 0 rings (SSSR count). The van der Waals surface area contributed by atoms with E-state index in [0.717, 1.165) is 51.9 Å². The second kappa shape index (κ2) is 12.7. The second-order valence-corrected chi connectivity index (χ2v) is 4.29. The van der Waals surface area contributed by atoms with Crippen LogP contribution in [0.3, 0.4) is 0 Å². The maximum absolute atomic E-state index is 10.3. The largest absolute Gasteiger partial charge is 0.358 e. The van der Waals surface area contributed by atoms with Gasteiger partial charge >= 0.3 is 0 Å². The van der Waals surface area contributed by atoms with E-state index in [-0.39, 0.29) is 0 Å². The molecule has 0 unspecified atom stereocenters. The van der Waals surface area contributed by atoms with Crippen molar-refractivity contribution in [3.63, 3.8) is 0 Å². The van der Waals surface area contributed by atoms with E-state index in [4.69, 9.17) is 0 Å². The Balaban J connectivity index is 3.59. The third-order valence-corrected chi connectivity index (χ3v) is 2.72. The molecule has 0 saturated carbocycles. The number of nitrogens with zero attached hydrogens (tertiary/aromatic N) is 3. The van der Waals surface area contributed by atoms with Gasteiger partial charge in [0.05, 0.1) is 31.5 Å². The van der Waals surface area contributed by atoms with Crippen molar-refractivity contribution in [3.05, 3.63) is 4.91 Å². The van der Waals surface area contributed by atoms with Crippen LogP contribution in [0, 0.1) is 4.91 Å². The first-order valence-corrected chi connectivity index (χ1v) is 6.73. The smallest absolute Gasteiger partial charge is 0.0962 e. The molecular formula is C10H29N6O2+3. The van der Waals surface area contributed by atoms with Crippen LogP contribution in [0.25, 0.3) is 0 Å². The molecule has 0 radical (unpaired) electrons. The normalized spacial score (nSPS) is 10.9. The molecule has 108 valence electrons. The van der Waals surface area contributed by atoms with Crippen LogP contribution in [0.5, 0.6) is 0 Å². The van der Waals surface area contributed by atoms with Crippen molar-refractivity contribution in [3.8, 4) is 0 Å². The fraction of sp³-hybridized carbons (Fsp3) is 1.00. The van der Waals surface area contributed by atoms with Gasteiger partial charge in [-0.05, 0) is 12.8 Å². The number of hydrogen-bond acceptors (Lipinski definition) is 4. The van der Waals surface area contributed by atoms with Gasteiger partial charge in [0, 0.05) is 25.9 Å². The third kappa shape index (κ3) is 9.25. The minimum atomic E-state index is 0.405. The van der Waals surface area contributed by atoms with E-state index in [1.165, 1.54) is 0 Å². The predicted octanol–water partition coefficient (Wildman–Crippen LogP) is -2.82. The van der Waals surface area contributed by atoms with E-state index in [2.05, 4.69) is 22.1 Å². The first-order valence-electron chi connectivity index (χ1n) is 6.73. The Bertz CT molecular complexity index is 195. The van der Waals surface area contributed by atoms with Crippen LogP contribution in [0.1, 0.15) is 25.7 Å². The van der Waals surface area contributed by atoms with E-state index in [1.807, 2.05) is 0 Å². The van der Waals surface area contributed by atoms with Gasteiger partial charge in [-0.1, -0.05) is 5.28 Å². The van der Waals surface area contributed by atoms with Gasteiger partial charge in [0.15, 0.2) is 0 Å². The number of unbranched alkanes of at least 4 members (excludes halogenated alkanes) is 1. The molecule has 0 amide bonds. The number of rotatable bonds is 13. The highest BCUT2D eigenvalue weighted by Gasteiger charge is 2.11. The van der Waals surface area contributed by atoms with Crippen molar-refractivity contribution < 1.29 is 22.0 Å². The van der Waals surface area contributed by atoms with Gasteiger partial charge in [-0.25, -0.2) is 0 Å². The SMILES string of the molecule is [NH3+]CCC[NH2+]CCCCN(CCC[NH3+])N(O)N=O. The highest BCUT2D eigenvalue weighted by molar-refractivity contribution is 4.50. The van der Waals surface area contributed by atoms with Crippen molar-refractivity contribution in [1.29, 1.82) is 0 Å². The highest BCUT2D eigenvalue weighted by Crippen LogP contribution is 2.00. The van der Waals surface area contributed by atoms with Gasteiger partial charge in [0.1, 0.15) is 0 Å². The molecule has 0 aliphatic rings. The number of hydrazine groups is 1. The van der Waals surface area contributed by atoms with Crippen LogP contribution in [-0.4, -0.2) is 54.8 Å². The summed E-state index contributed by atoms with van der Waals surface area (Å²) < 4.78 is 0. The molecular weight excluding hydrogens is 236 g/mol. The summed E-state index contributed by atoms with van der Waals surface area (Å²) in [4.78, 5) is 10.3. The lowest BCUT2D eigenvalue weighted by molar-refractivity contribution is -0.657. The zero-order chi connectivity index (χ0) is 13.6. The number of nitrogens with two attached hydrogens (primary N) is 1. The van der Waals surface area contributed by atoms with Crippen molar-refractivity contribution in [1.82, 2.24) is 10.3 Å². The van der Waals surface area contributed by atoms with Gasteiger partial charge in [-0.3, -0.25) is 5.21 Å². The lowest BCUT2D eigenvalue weighted by atomic mass is 10.3. The first-order chi connectivity index (χ1) is 8.76. The lowest BCUT2D eigenvalue weighted by Gasteiger charge is -2.23. The van der Waals surface area contributed by atoms with E-state index in [9.17, 15) is 10.1 Å². The Kier molecular flexibility index (Phi) is 12.1. The van der Waals surface area contributed by atoms with E-state index in [0.29, 0.717) is 18.4 Å². The summed E-state index contributed by atoms with van der Waals surface area (Å²) in [6, 6.07) is 0. The van der Waals surface area contributed by atoms with Crippen LogP contribution >= 0.6 is 0 Å². The molecule has 0 aromatic carbocycles. The molecule has 0 heterocycles. The highest BCUT2D eigenvalue weighted by atomic mass is 16.6. The zero-order valence-corrected chi connectivity index (χ0v) is 11.3. The summed E-state index contributed by atoms with van der Waals surface area (Å²) in [5.74, 6) is 0. The van der Waals surface area contributed by atoms with E-state index < -0.39 is 0 Å². The standard InChI is InChI=1S/C10H26N6O2/c11-5-3-8-13-7-1-2-9-15(10-4-6-12)16(18)14-17/h13,18H,1-12H2/p+3. The third-order valence-electron chi connectivity index (χ3n) is 2.72. The predicted molar refractivity (Wildman–Crippen MR) is 66.6 cm³/mol. The van der Waals surface area contributed by atoms with Crippen LogP contribution in [0.2, 0.25) is 0 Å². The quantitative estimate of drug-likeness (QED) is 0.163. The molecule has 9 N–H and O–H groups in total. The number of quaternary nitrogens is 3. The molecule has 0 aliphatic carbocycles. The van der Waals surface area contributed by atoms with Crippen molar-refractivity contribution in [2.24, 2.45) is 5.29 Å². The molecule has 8 heteroatoms. The Labute approximate surface area is 108 Å². The van der Waals surface area contributed by atoms with Gasteiger partial charge in [0.25, 0.3) is 0 Å². The Morgan fingerprint density at radius 3 is 2.22 bits per heavy atom. The van der Waals surface area contributed by atoms with Gasteiger partial charge in [-0.2, -0.15) is 5.01 Å². The van der Waals surface area contributed by atoms with Gasteiger partial charge in [-0.15, -0.1) is 4.91 Å². The summed E-state index contributed by atoms with van der Waals surface area (Å²) in [5.41, 5.74) is 7.53. The van der Waals surface area contributed by atoms with Crippen molar-refractivity contribution in [2.75, 3.05) is 39.3 Å². The fourth-order valence-corrected chi connectivity index (χ4v) is 1.65. The molecule has 0 fully saturated rings. The minimum absolute atomic E-state index is 0.405. The molecule has 0 atom stereocenters. The summed E-state index contributed by atoms with van der Waals surface area (Å²) in [7, 11) is 0. The van der Waals surface area contributed by atoms with E-state index in [1.54, 1.807) is 5.01 Å². The van der Waals surface area contributed by atoms with Crippen LogP contribution < -0.4 is 16.8 Å². The second-order valence-electron chi connectivity index (χ2n) is 4.29. The summed E-state index contributed by atoms with van der Waals surface area (Å²) in [6.07, 6.45) is 3.98. The van der Waals surface area contributed by atoms with Crippen molar-refractivity contribution in [2.45, 2.75) is 25.7 Å². The fourth-order valence-electron chi connectivity index (χ4n) is 1.65. The Morgan fingerprint density at radius 2 is 1.61 bits per heavy atom. The molecule has 8 nitrogen and oxygen atoms in total. The topological polar surface area (TPSA) is 128 Å². The number of nitroso groups, excluding NO2 is 1. The first kappa shape index (κ1) is 17.2. The van der Waals surface area contributed by atoms with Crippen LogP contribution in [-0.2, 0) is 0 Å². The summed E-state index contributed by atoms with van der Waals surface area (Å²) >= 11 is 0. The monoisotopic (exact) mass is 265 g/mol. The lowest BCUT2D eigenvalue weighted by Crippen LogP contribution is -2.84. The molecule has 0 saturated heterocycles. The van der Waals surface area contributed by atoms with Crippen LogP contribution in [0.4, 0.5) is 0 Å².